The Bertz CT molecular complexity index is 597. The molecule has 0 bridgehead atoms. The predicted octanol–water partition coefficient (Wildman–Crippen LogP) is 3.60. The maximum Gasteiger partial charge on any atom is 0.124 e. The van der Waals surface area contributed by atoms with Crippen molar-refractivity contribution < 1.29 is 14.6 Å². The fourth-order valence-corrected chi connectivity index (χ4v) is 2.64. The fourth-order valence-electron chi connectivity index (χ4n) is 2.64. The summed E-state index contributed by atoms with van der Waals surface area (Å²) in [5.74, 6) is 1.69. The molecule has 3 heteroatoms. The average molecular weight is 286 g/mol. The molecule has 1 atom stereocenters. The Morgan fingerprint density at radius 2 is 1.67 bits per heavy atom. The van der Waals surface area contributed by atoms with E-state index in [4.69, 9.17) is 9.47 Å². The van der Waals surface area contributed by atoms with Gasteiger partial charge in [-0.05, 0) is 60.4 Å². The molecular formula is C18H22O3. The predicted molar refractivity (Wildman–Crippen MR) is 84.1 cm³/mol. The largest absolute Gasteiger partial charge is 0.497 e. The number of aliphatic hydroxyl groups is 1. The van der Waals surface area contributed by atoms with Crippen LogP contribution in [0.1, 0.15) is 28.4 Å². The first-order valence-electron chi connectivity index (χ1n) is 7.01. The molecule has 0 aliphatic heterocycles. The second-order valence-electron chi connectivity index (χ2n) is 5.26. The zero-order chi connectivity index (χ0) is 15.4. The lowest BCUT2D eigenvalue weighted by Crippen LogP contribution is -2.04. The van der Waals surface area contributed by atoms with E-state index in [0.717, 1.165) is 33.8 Å². The van der Waals surface area contributed by atoms with Crippen molar-refractivity contribution in [2.75, 3.05) is 14.2 Å². The molecule has 3 nitrogen and oxygen atoms in total. The van der Waals surface area contributed by atoms with Crippen LogP contribution in [0.15, 0.2) is 36.4 Å². The number of rotatable bonds is 5. The minimum absolute atomic E-state index is 0.541. The average Bonchev–Trinajstić information content (AvgIpc) is 2.47. The number of hydrogen-bond donors (Lipinski definition) is 1. The van der Waals surface area contributed by atoms with E-state index >= 15 is 0 Å². The Morgan fingerprint density at radius 1 is 1.00 bits per heavy atom. The third kappa shape index (κ3) is 3.56. The molecule has 0 fully saturated rings. The summed E-state index contributed by atoms with van der Waals surface area (Å²) in [5, 5.41) is 10.5. The third-order valence-electron chi connectivity index (χ3n) is 3.63. The smallest absolute Gasteiger partial charge is 0.124 e. The van der Waals surface area contributed by atoms with E-state index in [1.807, 2.05) is 50.2 Å². The minimum atomic E-state index is -0.541. The summed E-state index contributed by atoms with van der Waals surface area (Å²) in [6.07, 6.45) is 0.0167. The zero-order valence-corrected chi connectivity index (χ0v) is 13.0. The topological polar surface area (TPSA) is 38.7 Å². The zero-order valence-electron chi connectivity index (χ0n) is 13.0. The van der Waals surface area contributed by atoms with Crippen LogP contribution >= 0.6 is 0 Å². The summed E-state index contributed by atoms with van der Waals surface area (Å²) in [4.78, 5) is 0. The summed E-state index contributed by atoms with van der Waals surface area (Å²) in [6, 6.07) is 11.7. The van der Waals surface area contributed by atoms with Gasteiger partial charge in [-0.25, -0.2) is 0 Å². The van der Waals surface area contributed by atoms with Crippen LogP contribution in [-0.2, 0) is 6.42 Å². The first kappa shape index (κ1) is 15.4. The molecule has 0 aromatic heterocycles. The van der Waals surface area contributed by atoms with Gasteiger partial charge in [-0.2, -0.15) is 0 Å². The van der Waals surface area contributed by atoms with Crippen LogP contribution in [0.3, 0.4) is 0 Å². The van der Waals surface area contributed by atoms with Crippen LogP contribution < -0.4 is 9.47 Å². The molecule has 2 rings (SSSR count). The van der Waals surface area contributed by atoms with Gasteiger partial charge in [-0.15, -0.1) is 0 Å². The van der Waals surface area contributed by atoms with E-state index < -0.39 is 6.10 Å². The van der Waals surface area contributed by atoms with Gasteiger partial charge in [0.15, 0.2) is 0 Å². The van der Waals surface area contributed by atoms with Crippen molar-refractivity contribution >= 4 is 0 Å². The lowest BCUT2D eigenvalue weighted by molar-refractivity contribution is 0.178. The van der Waals surface area contributed by atoms with Gasteiger partial charge in [0.05, 0.1) is 20.3 Å². The van der Waals surface area contributed by atoms with Crippen LogP contribution in [0.4, 0.5) is 0 Å². The maximum absolute atomic E-state index is 10.5. The molecule has 0 amide bonds. The maximum atomic E-state index is 10.5. The normalized spacial score (nSPS) is 12.0. The van der Waals surface area contributed by atoms with Gasteiger partial charge in [0.1, 0.15) is 11.5 Å². The summed E-state index contributed by atoms with van der Waals surface area (Å²) in [6.45, 7) is 3.99. The van der Waals surface area contributed by atoms with Crippen LogP contribution in [0, 0.1) is 13.8 Å². The number of aliphatic hydroxyl groups excluding tert-OH is 1. The summed E-state index contributed by atoms with van der Waals surface area (Å²) < 4.78 is 10.6. The van der Waals surface area contributed by atoms with Gasteiger partial charge in [0, 0.05) is 6.42 Å². The number of benzene rings is 2. The SMILES string of the molecule is COc1cccc(CC(O)c2cc(C)c(OC)c(C)c2)c1. The molecular weight excluding hydrogens is 264 g/mol. The molecule has 1 N–H and O–H groups in total. The van der Waals surface area contributed by atoms with E-state index in [1.54, 1.807) is 14.2 Å². The first-order chi connectivity index (χ1) is 10.0. The Labute approximate surface area is 126 Å². The lowest BCUT2D eigenvalue weighted by Gasteiger charge is -2.16. The van der Waals surface area contributed by atoms with Gasteiger partial charge in [0.2, 0.25) is 0 Å². The molecule has 1 unspecified atom stereocenters. The summed E-state index contributed by atoms with van der Waals surface area (Å²) >= 11 is 0. The van der Waals surface area contributed by atoms with Crippen molar-refractivity contribution in [3.05, 3.63) is 58.7 Å². The molecule has 2 aromatic carbocycles. The minimum Gasteiger partial charge on any atom is -0.497 e. The Hall–Kier alpha value is -2.00. The van der Waals surface area contributed by atoms with E-state index in [1.165, 1.54) is 0 Å². The van der Waals surface area contributed by atoms with Crippen LogP contribution in [0.25, 0.3) is 0 Å². The number of ether oxygens (including phenoxy) is 2. The van der Waals surface area contributed by atoms with E-state index in [0.29, 0.717) is 6.42 Å². The molecule has 21 heavy (non-hydrogen) atoms. The molecule has 0 saturated heterocycles. The Morgan fingerprint density at radius 3 is 2.24 bits per heavy atom. The molecule has 2 aromatic rings. The lowest BCUT2D eigenvalue weighted by atomic mass is 9.97. The monoisotopic (exact) mass is 286 g/mol. The molecule has 0 radical (unpaired) electrons. The van der Waals surface area contributed by atoms with Gasteiger partial charge >= 0.3 is 0 Å². The molecule has 0 aliphatic rings. The van der Waals surface area contributed by atoms with Gasteiger partial charge in [0.25, 0.3) is 0 Å². The van der Waals surface area contributed by atoms with Gasteiger partial charge in [-0.3, -0.25) is 0 Å². The highest BCUT2D eigenvalue weighted by Crippen LogP contribution is 2.29. The summed E-state index contributed by atoms with van der Waals surface area (Å²) in [5.41, 5.74) is 4.04. The van der Waals surface area contributed by atoms with E-state index in [2.05, 4.69) is 0 Å². The van der Waals surface area contributed by atoms with Crippen LogP contribution in [0.5, 0.6) is 11.5 Å². The molecule has 0 heterocycles. The molecule has 0 aliphatic carbocycles. The standard InChI is InChI=1S/C18H22O3/c1-12-8-15(9-13(2)18(12)21-4)17(19)11-14-6-5-7-16(10-14)20-3/h5-10,17,19H,11H2,1-4H3. The summed E-state index contributed by atoms with van der Waals surface area (Å²) in [7, 11) is 3.31. The second kappa shape index (κ2) is 6.64. The highest BCUT2D eigenvalue weighted by atomic mass is 16.5. The van der Waals surface area contributed by atoms with E-state index in [-0.39, 0.29) is 0 Å². The van der Waals surface area contributed by atoms with Crippen molar-refractivity contribution in [2.45, 2.75) is 26.4 Å². The fraction of sp³-hybridized carbons (Fsp3) is 0.333. The van der Waals surface area contributed by atoms with E-state index in [9.17, 15) is 5.11 Å². The first-order valence-corrected chi connectivity index (χ1v) is 7.01. The number of methoxy groups -OCH3 is 2. The van der Waals surface area contributed by atoms with Gasteiger partial charge < -0.3 is 14.6 Å². The number of aryl methyl sites for hydroxylation is 2. The van der Waals surface area contributed by atoms with Crippen molar-refractivity contribution in [1.29, 1.82) is 0 Å². The molecule has 0 saturated carbocycles. The molecule has 0 spiro atoms. The van der Waals surface area contributed by atoms with Crippen molar-refractivity contribution in [3.63, 3.8) is 0 Å². The van der Waals surface area contributed by atoms with Crippen molar-refractivity contribution in [1.82, 2.24) is 0 Å². The van der Waals surface area contributed by atoms with Crippen molar-refractivity contribution in [3.8, 4) is 11.5 Å². The Kier molecular flexibility index (Phi) is 4.86. The third-order valence-corrected chi connectivity index (χ3v) is 3.63. The van der Waals surface area contributed by atoms with Crippen molar-refractivity contribution in [2.24, 2.45) is 0 Å². The second-order valence-corrected chi connectivity index (χ2v) is 5.26. The Balaban J connectivity index is 2.22. The highest BCUT2D eigenvalue weighted by Gasteiger charge is 2.13. The van der Waals surface area contributed by atoms with Crippen LogP contribution in [-0.4, -0.2) is 19.3 Å². The number of hydrogen-bond acceptors (Lipinski definition) is 3. The quantitative estimate of drug-likeness (QED) is 0.912. The van der Waals surface area contributed by atoms with Gasteiger partial charge in [-0.1, -0.05) is 12.1 Å². The van der Waals surface area contributed by atoms with Crippen LogP contribution in [0.2, 0.25) is 0 Å². The molecule has 112 valence electrons. The highest BCUT2D eigenvalue weighted by molar-refractivity contribution is 5.44.